The van der Waals surface area contributed by atoms with Gasteiger partial charge in [-0.15, -0.1) is 0 Å². The molecule has 0 heterocycles. The third-order valence-electron chi connectivity index (χ3n) is 4.56. The molecule has 162 valence electrons. The predicted octanol–water partition coefficient (Wildman–Crippen LogP) is 4.63. The number of amides is 1. The third-order valence-corrected chi connectivity index (χ3v) is 6.41. The van der Waals surface area contributed by atoms with Crippen molar-refractivity contribution in [3.05, 3.63) is 35.5 Å². The van der Waals surface area contributed by atoms with Gasteiger partial charge in [-0.3, -0.25) is 4.79 Å². The zero-order chi connectivity index (χ0) is 21.6. The number of carbonyl (C=O) groups excluding carboxylic acids is 1. The second-order valence-electron chi connectivity index (χ2n) is 7.54. The summed E-state index contributed by atoms with van der Waals surface area (Å²) in [6.07, 6.45) is 13.0. The first kappa shape index (κ1) is 26.6. The summed E-state index contributed by atoms with van der Waals surface area (Å²) >= 11 is 0. The molecule has 0 aromatic rings. The van der Waals surface area contributed by atoms with Gasteiger partial charge >= 0.3 is 0 Å². The largest absolute Gasteiger partial charge is 0.350 e. The van der Waals surface area contributed by atoms with Gasteiger partial charge in [-0.05, 0) is 59.8 Å². The molecule has 1 atom stereocenters. The normalized spacial score (nSPS) is 14.7. The highest BCUT2D eigenvalue weighted by Crippen LogP contribution is 2.06. The number of hydrogen-bond acceptors (Lipinski definition) is 3. The Labute approximate surface area is 172 Å². The summed E-state index contributed by atoms with van der Waals surface area (Å²) < 4.78 is 25.9. The first-order valence-corrected chi connectivity index (χ1v) is 11.9. The van der Waals surface area contributed by atoms with E-state index in [1.807, 2.05) is 6.92 Å². The highest BCUT2D eigenvalue weighted by Gasteiger charge is 2.14. The topological polar surface area (TPSA) is 75.3 Å². The molecule has 0 aromatic heterocycles. The van der Waals surface area contributed by atoms with Gasteiger partial charge in [0, 0.05) is 19.0 Å². The molecule has 0 spiro atoms. The number of nitrogens with one attached hydrogen (secondary N) is 2. The third kappa shape index (κ3) is 12.9. The van der Waals surface area contributed by atoms with E-state index in [0.717, 1.165) is 19.3 Å². The van der Waals surface area contributed by atoms with Gasteiger partial charge in [0.15, 0.2) is 0 Å². The molecular formula is C22H40N2O3S. The van der Waals surface area contributed by atoms with Crippen molar-refractivity contribution in [1.29, 1.82) is 0 Å². The smallest absolute Gasteiger partial charge is 0.220 e. The van der Waals surface area contributed by atoms with Crippen LogP contribution in [0.1, 0.15) is 80.1 Å². The van der Waals surface area contributed by atoms with E-state index in [1.165, 1.54) is 11.1 Å². The van der Waals surface area contributed by atoms with E-state index in [-0.39, 0.29) is 11.9 Å². The molecule has 28 heavy (non-hydrogen) atoms. The van der Waals surface area contributed by atoms with Crippen LogP contribution in [0.25, 0.3) is 0 Å². The summed E-state index contributed by atoms with van der Waals surface area (Å²) in [5.41, 5.74) is 2.65. The molecular weight excluding hydrogens is 372 g/mol. The molecule has 0 saturated heterocycles. The van der Waals surface area contributed by atoms with Crippen LogP contribution < -0.4 is 10.0 Å². The maximum Gasteiger partial charge on any atom is 0.220 e. The van der Waals surface area contributed by atoms with Crippen LogP contribution in [0.3, 0.4) is 0 Å². The number of unbranched alkanes of at least 4 members (excludes halogenated alkanes) is 1. The van der Waals surface area contributed by atoms with Crippen LogP contribution in [-0.4, -0.2) is 32.2 Å². The Bertz CT molecular complexity index is 647. The van der Waals surface area contributed by atoms with E-state index in [0.29, 0.717) is 25.8 Å². The zero-order valence-electron chi connectivity index (χ0n) is 18.5. The van der Waals surface area contributed by atoms with E-state index in [2.05, 4.69) is 55.1 Å². The molecule has 0 aliphatic heterocycles. The number of hydrogen-bond donors (Lipinski definition) is 2. The van der Waals surface area contributed by atoms with Gasteiger partial charge < -0.3 is 5.32 Å². The van der Waals surface area contributed by atoms with Crippen molar-refractivity contribution < 1.29 is 13.2 Å². The Kier molecular flexibility index (Phi) is 13.8. The molecule has 0 aliphatic rings. The lowest BCUT2D eigenvalue weighted by Gasteiger charge is -2.13. The number of allylic oxidation sites excluding steroid dienone is 5. The van der Waals surface area contributed by atoms with E-state index in [9.17, 15) is 13.2 Å². The average Bonchev–Trinajstić information content (AvgIpc) is 2.64. The van der Waals surface area contributed by atoms with E-state index < -0.39 is 15.3 Å². The fraction of sp³-hybridized carbons (Fsp3) is 0.682. The maximum absolute atomic E-state index is 12.1. The second kappa shape index (κ2) is 14.6. The van der Waals surface area contributed by atoms with Crippen molar-refractivity contribution >= 4 is 15.9 Å². The van der Waals surface area contributed by atoms with Crippen molar-refractivity contribution in [3.63, 3.8) is 0 Å². The molecule has 0 aromatic carbocycles. The molecule has 1 unspecified atom stereocenters. The van der Waals surface area contributed by atoms with E-state index in [4.69, 9.17) is 0 Å². The number of carbonyl (C=O) groups is 1. The molecule has 0 radical (unpaired) electrons. The van der Waals surface area contributed by atoms with Crippen LogP contribution in [-0.2, 0) is 14.8 Å². The summed E-state index contributed by atoms with van der Waals surface area (Å²) in [7, 11) is -3.22. The maximum atomic E-state index is 12.1. The molecule has 0 bridgehead atoms. The Morgan fingerprint density at radius 3 is 2.25 bits per heavy atom. The Morgan fingerprint density at radius 2 is 1.68 bits per heavy atom. The van der Waals surface area contributed by atoms with Crippen LogP contribution in [0, 0.1) is 0 Å². The minimum absolute atomic E-state index is 0.0111. The Balaban J connectivity index is 4.22. The summed E-state index contributed by atoms with van der Waals surface area (Å²) in [6, 6.07) is 0.0349. The number of rotatable bonds is 14. The van der Waals surface area contributed by atoms with Crippen LogP contribution in [0.4, 0.5) is 0 Å². The van der Waals surface area contributed by atoms with Crippen molar-refractivity contribution in [2.75, 3.05) is 6.54 Å². The first-order valence-electron chi connectivity index (χ1n) is 10.4. The van der Waals surface area contributed by atoms with Gasteiger partial charge in [0.1, 0.15) is 0 Å². The predicted molar refractivity (Wildman–Crippen MR) is 120 cm³/mol. The lowest BCUT2D eigenvalue weighted by atomic mass is 10.1. The van der Waals surface area contributed by atoms with Crippen molar-refractivity contribution in [2.45, 2.75) is 91.4 Å². The fourth-order valence-electron chi connectivity index (χ4n) is 2.25. The summed E-state index contributed by atoms with van der Waals surface area (Å²) in [5.74, 6) is 0.0111. The molecule has 0 rings (SSSR count). The molecule has 2 N–H and O–H groups in total. The van der Waals surface area contributed by atoms with Gasteiger partial charge in [0.2, 0.25) is 15.9 Å². The summed E-state index contributed by atoms with van der Waals surface area (Å²) in [5, 5.41) is 2.60. The molecule has 1 amide bonds. The highest BCUT2D eigenvalue weighted by atomic mass is 32.2. The summed E-state index contributed by atoms with van der Waals surface area (Å²) in [6.45, 7) is 12.1. The molecule has 0 saturated carbocycles. The van der Waals surface area contributed by atoms with Crippen LogP contribution in [0.15, 0.2) is 35.5 Å². The lowest BCUT2D eigenvalue weighted by Crippen LogP contribution is -2.33. The van der Waals surface area contributed by atoms with Crippen molar-refractivity contribution in [1.82, 2.24) is 10.0 Å². The van der Waals surface area contributed by atoms with Crippen LogP contribution >= 0.6 is 0 Å². The van der Waals surface area contributed by atoms with E-state index in [1.54, 1.807) is 13.8 Å². The van der Waals surface area contributed by atoms with Gasteiger partial charge in [0.05, 0.1) is 5.25 Å². The molecule has 5 nitrogen and oxygen atoms in total. The summed E-state index contributed by atoms with van der Waals surface area (Å²) in [4.78, 5) is 12.1. The Morgan fingerprint density at radius 1 is 1.04 bits per heavy atom. The minimum atomic E-state index is -3.22. The molecule has 0 aliphatic carbocycles. The minimum Gasteiger partial charge on any atom is -0.350 e. The van der Waals surface area contributed by atoms with E-state index >= 15 is 0 Å². The highest BCUT2D eigenvalue weighted by molar-refractivity contribution is 7.90. The number of sulfonamides is 1. The fourth-order valence-corrected chi connectivity index (χ4v) is 3.01. The zero-order valence-corrected chi connectivity index (χ0v) is 19.4. The molecule has 6 heteroatoms. The van der Waals surface area contributed by atoms with Gasteiger partial charge in [0.25, 0.3) is 0 Å². The van der Waals surface area contributed by atoms with Gasteiger partial charge in [-0.25, -0.2) is 13.1 Å². The van der Waals surface area contributed by atoms with Crippen LogP contribution in [0.5, 0.6) is 0 Å². The van der Waals surface area contributed by atoms with Gasteiger partial charge in [-0.1, -0.05) is 49.3 Å². The SMILES string of the molecule is CC/C(C)=C\C=C(/C)C/C=C\C(CC)NC(=O)CCCCNS(=O)(=O)C(C)C. The van der Waals surface area contributed by atoms with Crippen molar-refractivity contribution in [3.8, 4) is 0 Å². The molecule has 0 fully saturated rings. The first-order chi connectivity index (χ1) is 13.1. The Hall–Kier alpha value is -1.40. The monoisotopic (exact) mass is 412 g/mol. The van der Waals surface area contributed by atoms with Crippen molar-refractivity contribution in [2.24, 2.45) is 0 Å². The lowest BCUT2D eigenvalue weighted by molar-refractivity contribution is -0.121. The average molecular weight is 413 g/mol. The standard InChI is InChI=1S/C22H40N2O3S/c1-7-19(5)15-16-20(6)12-11-13-21(8-2)24-22(25)14-9-10-17-23-28(26,27)18(3)4/h11,13,15-16,18,21,23H,7-10,12,14,17H2,1-6H3,(H,24,25)/b13-11-,19-15-,20-16+. The quantitative estimate of drug-likeness (QED) is 0.248. The second-order valence-corrected chi connectivity index (χ2v) is 9.86. The van der Waals surface area contributed by atoms with Gasteiger partial charge in [-0.2, -0.15) is 0 Å². The van der Waals surface area contributed by atoms with Crippen LogP contribution in [0.2, 0.25) is 0 Å².